The Morgan fingerprint density at radius 1 is 0.947 bits per heavy atom. The lowest BCUT2D eigenvalue weighted by molar-refractivity contribution is 0.415. The van der Waals surface area contributed by atoms with Crippen LogP contribution in [0.1, 0.15) is 12.6 Å². The van der Waals surface area contributed by atoms with Crippen molar-refractivity contribution in [2.75, 3.05) is 27.7 Å². The van der Waals surface area contributed by atoms with Crippen molar-refractivity contribution in [2.24, 2.45) is 0 Å². The molecular formula is C29H28N8O. The van der Waals surface area contributed by atoms with E-state index in [4.69, 9.17) is 14.7 Å². The van der Waals surface area contributed by atoms with E-state index in [0.29, 0.717) is 11.5 Å². The molecule has 0 radical (unpaired) electrons. The van der Waals surface area contributed by atoms with E-state index in [9.17, 15) is 0 Å². The first kappa shape index (κ1) is 23.6. The fourth-order valence-corrected chi connectivity index (χ4v) is 4.65. The molecule has 0 bridgehead atoms. The van der Waals surface area contributed by atoms with E-state index in [-0.39, 0.29) is 0 Å². The van der Waals surface area contributed by atoms with Crippen molar-refractivity contribution in [1.82, 2.24) is 40.3 Å². The molecule has 0 saturated heterocycles. The van der Waals surface area contributed by atoms with Crippen LogP contribution in [0.5, 0.6) is 5.75 Å². The number of allylic oxidation sites excluding steroid dienone is 3. The maximum Gasteiger partial charge on any atom is 0.161 e. The molecule has 9 nitrogen and oxygen atoms in total. The number of fused-ring (bicyclic) bond motifs is 2. The van der Waals surface area contributed by atoms with E-state index < -0.39 is 0 Å². The number of pyridine rings is 2. The molecule has 5 aromatic rings. The number of nitrogens with one attached hydrogen (secondary N) is 3. The quantitative estimate of drug-likeness (QED) is 0.302. The summed E-state index contributed by atoms with van der Waals surface area (Å²) in [5, 5.41) is 11.0. The van der Waals surface area contributed by atoms with Crippen molar-refractivity contribution in [2.45, 2.75) is 6.92 Å². The summed E-state index contributed by atoms with van der Waals surface area (Å²) in [7, 11) is 5.79. The third kappa shape index (κ3) is 4.44. The van der Waals surface area contributed by atoms with Gasteiger partial charge in [-0.2, -0.15) is 5.10 Å². The summed E-state index contributed by atoms with van der Waals surface area (Å²) in [5.74, 6) is 1.39. The molecule has 1 aliphatic heterocycles. The number of aromatic amines is 2. The number of likely N-dealkylation sites (N-methyl/N-ethyl adjacent to an activating group) is 1. The Hall–Kier alpha value is -4.76. The standard InChI is InChI=1S/C29H28N8O/c1-17-12-18(16-37(2)3)13-20(15-31-17)22-8-9-24-27(32-22)28(36-35-24)29-33-23-10-11-30-25(26(23)34-29)19-6-5-7-21(14-19)38-4/h5-15,31H,16H2,1-4H3,(H,33,34)(H,35,36). The number of methoxy groups -OCH3 is 1. The summed E-state index contributed by atoms with van der Waals surface area (Å²) in [4.78, 5) is 20.1. The average Bonchev–Trinajstić information content (AvgIpc) is 3.49. The second-order valence-corrected chi connectivity index (χ2v) is 9.57. The number of benzene rings is 1. The highest BCUT2D eigenvalue weighted by Gasteiger charge is 2.18. The van der Waals surface area contributed by atoms with Crippen LogP contribution in [-0.4, -0.2) is 62.8 Å². The molecule has 5 heterocycles. The van der Waals surface area contributed by atoms with Crippen molar-refractivity contribution < 1.29 is 4.74 Å². The van der Waals surface area contributed by atoms with Gasteiger partial charge in [0.2, 0.25) is 0 Å². The fourth-order valence-electron chi connectivity index (χ4n) is 4.65. The molecule has 38 heavy (non-hydrogen) atoms. The maximum atomic E-state index is 5.40. The first-order valence-corrected chi connectivity index (χ1v) is 12.3. The maximum absolute atomic E-state index is 5.40. The lowest BCUT2D eigenvalue weighted by Crippen LogP contribution is -2.14. The van der Waals surface area contributed by atoms with Gasteiger partial charge in [0.1, 0.15) is 16.8 Å². The van der Waals surface area contributed by atoms with E-state index in [2.05, 4.69) is 63.6 Å². The van der Waals surface area contributed by atoms with Crippen molar-refractivity contribution in [3.8, 4) is 28.5 Å². The third-order valence-electron chi connectivity index (χ3n) is 6.37. The Morgan fingerprint density at radius 2 is 1.82 bits per heavy atom. The van der Waals surface area contributed by atoms with Crippen molar-refractivity contribution in [3.05, 3.63) is 84.0 Å². The van der Waals surface area contributed by atoms with Crippen molar-refractivity contribution in [1.29, 1.82) is 0 Å². The van der Waals surface area contributed by atoms with Gasteiger partial charge < -0.3 is 19.9 Å². The molecule has 3 N–H and O–H groups in total. The molecule has 0 spiro atoms. The molecule has 4 aromatic heterocycles. The lowest BCUT2D eigenvalue weighted by Gasteiger charge is -2.11. The Labute approximate surface area is 220 Å². The van der Waals surface area contributed by atoms with Gasteiger partial charge >= 0.3 is 0 Å². The number of H-pyrrole nitrogens is 2. The number of hydrogen-bond donors (Lipinski definition) is 3. The van der Waals surface area contributed by atoms with Gasteiger partial charge in [-0.05, 0) is 69.1 Å². The zero-order valence-electron chi connectivity index (χ0n) is 21.7. The van der Waals surface area contributed by atoms with E-state index in [1.165, 1.54) is 5.57 Å². The van der Waals surface area contributed by atoms with Crippen LogP contribution in [0.4, 0.5) is 0 Å². The van der Waals surface area contributed by atoms with Crippen LogP contribution >= 0.6 is 0 Å². The SMILES string of the molecule is COc1cccc(-c2nccc3[nH]c(-c4n[nH]c5ccc(C6=CNC(C)=CC(CN(C)C)=C6)nc45)nc23)c1. The Morgan fingerprint density at radius 3 is 2.66 bits per heavy atom. The molecule has 0 atom stereocenters. The molecular weight excluding hydrogens is 476 g/mol. The molecule has 190 valence electrons. The van der Waals surface area contributed by atoms with Gasteiger partial charge in [-0.3, -0.25) is 10.1 Å². The zero-order valence-corrected chi connectivity index (χ0v) is 21.7. The van der Waals surface area contributed by atoms with Crippen LogP contribution < -0.4 is 10.1 Å². The van der Waals surface area contributed by atoms with Gasteiger partial charge in [-0.25, -0.2) is 9.97 Å². The van der Waals surface area contributed by atoms with E-state index in [1.54, 1.807) is 13.3 Å². The van der Waals surface area contributed by atoms with Crippen LogP contribution in [0.15, 0.2) is 78.3 Å². The molecule has 6 rings (SSSR count). The van der Waals surface area contributed by atoms with Gasteiger partial charge in [-0.1, -0.05) is 12.1 Å². The predicted molar refractivity (Wildman–Crippen MR) is 150 cm³/mol. The lowest BCUT2D eigenvalue weighted by atomic mass is 10.1. The summed E-state index contributed by atoms with van der Waals surface area (Å²) >= 11 is 0. The van der Waals surface area contributed by atoms with Crippen LogP contribution in [0.25, 0.3) is 50.4 Å². The number of aromatic nitrogens is 6. The highest BCUT2D eigenvalue weighted by Crippen LogP contribution is 2.31. The normalized spacial score (nSPS) is 13.8. The Kier molecular flexibility index (Phi) is 5.97. The number of nitrogens with zero attached hydrogens (tertiary/aromatic N) is 5. The topological polar surface area (TPSA) is 108 Å². The summed E-state index contributed by atoms with van der Waals surface area (Å²) in [6.45, 7) is 2.89. The van der Waals surface area contributed by atoms with E-state index in [1.807, 2.05) is 48.7 Å². The van der Waals surface area contributed by atoms with E-state index >= 15 is 0 Å². The van der Waals surface area contributed by atoms with Crippen LogP contribution in [-0.2, 0) is 0 Å². The molecule has 1 aromatic carbocycles. The minimum absolute atomic E-state index is 0.627. The zero-order chi connectivity index (χ0) is 26.2. The van der Waals surface area contributed by atoms with Crippen LogP contribution in [0.2, 0.25) is 0 Å². The highest BCUT2D eigenvalue weighted by atomic mass is 16.5. The van der Waals surface area contributed by atoms with Gasteiger partial charge in [-0.15, -0.1) is 0 Å². The minimum Gasteiger partial charge on any atom is -0.497 e. The number of imidazole rings is 1. The van der Waals surface area contributed by atoms with Gasteiger partial charge in [0, 0.05) is 35.8 Å². The van der Waals surface area contributed by atoms with E-state index in [0.717, 1.165) is 62.6 Å². The third-order valence-corrected chi connectivity index (χ3v) is 6.37. The van der Waals surface area contributed by atoms with Gasteiger partial charge in [0.05, 0.1) is 29.5 Å². The molecule has 0 saturated carbocycles. The van der Waals surface area contributed by atoms with Crippen LogP contribution in [0, 0.1) is 0 Å². The summed E-state index contributed by atoms with van der Waals surface area (Å²) in [6.07, 6.45) is 8.10. The largest absolute Gasteiger partial charge is 0.497 e. The Bertz CT molecular complexity index is 1760. The van der Waals surface area contributed by atoms with Gasteiger partial charge in [0.15, 0.2) is 11.5 Å². The minimum atomic E-state index is 0.627. The summed E-state index contributed by atoms with van der Waals surface area (Å²) < 4.78 is 5.40. The first-order valence-electron chi connectivity index (χ1n) is 12.3. The molecule has 0 unspecified atom stereocenters. The second-order valence-electron chi connectivity index (χ2n) is 9.57. The molecule has 0 amide bonds. The molecule has 1 aliphatic rings. The average molecular weight is 505 g/mol. The smallest absolute Gasteiger partial charge is 0.161 e. The first-order chi connectivity index (χ1) is 18.5. The van der Waals surface area contributed by atoms with Crippen LogP contribution in [0.3, 0.4) is 0 Å². The van der Waals surface area contributed by atoms with Crippen molar-refractivity contribution >= 4 is 27.6 Å². The molecule has 9 heteroatoms. The number of hydrogen-bond acceptors (Lipinski definition) is 7. The van der Waals surface area contributed by atoms with Crippen molar-refractivity contribution in [3.63, 3.8) is 0 Å². The molecule has 0 fully saturated rings. The Balaban J connectivity index is 1.43. The van der Waals surface area contributed by atoms with Gasteiger partial charge in [0.25, 0.3) is 0 Å². The monoisotopic (exact) mass is 504 g/mol. The fraction of sp³-hybridized carbons (Fsp3) is 0.172. The second kappa shape index (κ2) is 9.60. The highest BCUT2D eigenvalue weighted by molar-refractivity contribution is 5.95. The number of ether oxygens (including phenoxy) is 1. The summed E-state index contributed by atoms with van der Waals surface area (Å²) in [6, 6.07) is 13.7. The number of rotatable bonds is 6. The molecule has 0 aliphatic carbocycles. The summed E-state index contributed by atoms with van der Waals surface area (Å²) in [5.41, 5.74) is 9.70. The predicted octanol–water partition coefficient (Wildman–Crippen LogP) is 4.91.